The number of hydrogen-bond acceptors (Lipinski definition) is 4. The van der Waals surface area contributed by atoms with Crippen LogP contribution in [-0.2, 0) is 22.9 Å². The number of benzene rings is 3. The quantitative estimate of drug-likeness (QED) is 0.331. The normalized spacial score (nSPS) is 11.2. The van der Waals surface area contributed by atoms with E-state index in [0.717, 1.165) is 22.3 Å². The Morgan fingerprint density at radius 1 is 0.607 bits per heavy atom. The second-order valence-electron chi connectivity index (χ2n) is 5.83. The largest absolute Gasteiger partial charge is 0.391 e. The zero-order chi connectivity index (χ0) is 19.6. The van der Waals surface area contributed by atoms with Gasteiger partial charge in [-0.25, -0.2) is 0 Å². The van der Waals surface area contributed by atoms with E-state index < -0.39 is 0 Å². The highest BCUT2D eigenvalue weighted by molar-refractivity contribution is 6.31. The summed E-state index contributed by atoms with van der Waals surface area (Å²) < 4.78 is 0. The molecule has 0 atom stereocenters. The molecule has 0 aliphatic carbocycles. The lowest BCUT2D eigenvalue weighted by atomic mass is 10.1. The van der Waals surface area contributed by atoms with Crippen molar-refractivity contribution in [2.75, 3.05) is 0 Å². The van der Waals surface area contributed by atoms with Gasteiger partial charge in [0.05, 0.1) is 12.4 Å². The van der Waals surface area contributed by atoms with E-state index in [4.69, 9.17) is 32.9 Å². The SMILES string of the molecule is Clc1ccccc1CO/N=C/c1ccccc1/C=N/OCc1ccccc1Cl. The van der Waals surface area contributed by atoms with Crippen LogP contribution in [0.4, 0.5) is 0 Å². The highest BCUT2D eigenvalue weighted by Crippen LogP contribution is 2.16. The van der Waals surface area contributed by atoms with Crippen LogP contribution in [-0.4, -0.2) is 12.4 Å². The lowest BCUT2D eigenvalue weighted by molar-refractivity contribution is 0.132. The van der Waals surface area contributed by atoms with Gasteiger partial charge in [0.1, 0.15) is 13.2 Å². The van der Waals surface area contributed by atoms with Crippen molar-refractivity contribution >= 4 is 35.6 Å². The predicted octanol–water partition coefficient (Wildman–Crippen LogP) is 6.09. The maximum absolute atomic E-state index is 6.10. The van der Waals surface area contributed by atoms with Crippen molar-refractivity contribution in [2.45, 2.75) is 13.2 Å². The highest BCUT2D eigenvalue weighted by atomic mass is 35.5. The molecule has 0 fully saturated rings. The first-order chi connectivity index (χ1) is 13.7. The Bertz CT molecular complexity index is 896. The molecule has 4 nitrogen and oxygen atoms in total. The van der Waals surface area contributed by atoms with Crippen LogP contribution in [0.25, 0.3) is 0 Å². The number of rotatable bonds is 8. The molecule has 0 amide bonds. The molecule has 0 bridgehead atoms. The van der Waals surface area contributed by atoms with Crippen molar-refractivity contribution in [1.82, 2.24) is 0 Å². The molecule has 3 rings (SSSR count). The van der Waals surface area contributed by atoms with Gasteiger partial charge in [0, 0.05) is 32.3 Å². The molecule has 0 aromatic heterocycles. The topological polar surface area (TPSA) is 43.2 Å². The Kier molecular flexibility index (Phi) is 7.47. The molecule has 3 aromatic rings. The Morgan fingerprint density at radius 3 is 1.43 bits per heavy atom. The molecule has 6 heteroatoms. The molecule has 142 valence electrons. The van der Waals surface area contributed by atoms with E-state index in [2.05, 4.69) is 10.3 Å². The fourth-order valence-corrected chi connectivity index (χ4v) is 2.76. The third-order valence-electron chi connectivity index (χ3n) is 3.88. The van der Waals surface area contributed by atoms with Gasteiger partial charge in [0.15, 0.2) is 0 Å². The summed E-state index contributed by atoms with van der Waals surface area (Å²) in [5.41, 5.74) is 3.46. The first kappa shape index (κ1) is 19.9. The number of halogens is 2. The standard InChI is InChI=1S/C22H18Cl2N2O2/c23-21-11-5-3-9-19(21)15-27-25-13-17-7-1-2-8-18(17)14-26-28-16-20-10-4-6-12-22(20)24/h1-14H,15-16H2/b25-13+,26-14+. The Hall–Kier alpha value is -2.82. The average molecular weight is 413 g/mol. The number of hydrogen-bond donors (Lipinski definition) is 0. The maximum Gasteiger partial charge on any atom is 0.143 e. The van der Waals surface area contributed by atoms with Gasteiger partial charge in [0.25, 0.3) is 0 Å². The third-order valence-corrected chi connectivity index (χ3v) is 4.62. The van der Waals surface area contributed by atoms with Crippen LogP contribution in [0.3, 0.4) is 0 Å². The van der Waals surface area contributed by atoms with E-state index in [1.807, 2.05) is 72.8 Å². The Balaban J connectivity index is 1.56. The van der Waals surface area contributed by atoms with Gasteiger partial charge in [-0.05, 0) is 12.1 Å². The van der Waals surface area contributed by atoms with Crippen LogP contribution in [0.1, 0.15) is 22.3 Å². The molecule has 0 aliphatic rings. The summed E-state index contributed by atoms with van der Waals surface area (Å²) in [6.07, 6.45) is 3.26. The van der Waals surface area contributed by atoms with Crippen molar-refractivity contribution in [2.24, 2.45) is 10.3 Å². The molecule has 0 unspecified atom stereocenters. The van der Waals surface area contributed by atoms with Crippen molar-refractivity contribution in [1.29, 1.82) is 0 Å². The second-order valence-corrected chi connectivity index (χ2v) is 6.64. The molecule has 0 spiro atoms. The second kappa shape index (κ2) is 10.5. The van der Waals surface area contributed by atoms with Crippen LogP contribution in [0.15, 0.2) is 83.1 Å². The summed E-state index contributed by atoms with van der Waals surface area (Å²) in [5, 5.41) is 9.35. The van der Waals surface area contributed by atoms with Crippen molar-refractivity contribution in [3.05, 3.63) is 105 Å². The predicted molar refractivity (Wildman–Crippen MR) is 114 cm³/mol. The Labute approximate surface area is 174 Å². The lowest BCUT2D eigenvalue weighted by Crippen LogP contribution is -1.94. The fourth-order valence-electron chi connectivity index (χ4n) is 2.38. The number of oxime groups is 2. The van der Waals surface area contributed by atoms with E-state index in [0.29, 0.717) is 23.3 Å². The van der Waals surface area contributed by atoms with E-state index in [9.17, 15) is 0 Å². The molecule has 0 radical (unpaired) electrons. The van der Waals surface area contributed by atoms with Crippen LogP contribution in [0.2, 0.25) is 10.0 Å². The molecular weight excluding hydrogens is 395 g/mol. The van der Waals surface area contributed by atoms with Gasteiger partial charge in [-0.3, -0.25) is 0 Å². The van der Waals surface area contributed by atoms with Gasteiger partial charge >= 0.3 is 0 Å². The summed E-state index contributed by atoms with van der Waals surface area (Å²) in [6.45, 7) is 0.598. The van der Waals surface area contributed by atoms with Gasteiger partial charge < -0.3 is 9.68 Å². The molecule has 28 heavy (non-hydrogen) atoms. The van der Waals surface area contributed by atoms with Crippen LogP contribution < -0.4 is 0 Å². The van der Waals surface area contributed by atoms with Crippen LogP contribution in [0, 0.1) is 0 Å². The zero-order valence-corrected chi connectivity index (χ0v) is 16.5. The minimum Gasteiger partial charge on any atom is -0.391 e. The van der Waals surface area contributed by atoms with Crippen molar-refractivity contribution in [3.8, 4) is 0 Å². The van der Waals surface area contributed by atoms with Gasteiger partial charge in [-0.1, -0.05) is 94.2 Å². The summed E-state index contributed by atoms with van der Waals surface area (Å²) in [7, 11) is 0. The van der Waals surface area contributed by atoms with Gasteiger partial charge in [-0.2, -0.15) is 0 Å². The summed E-state index contributed by atoms with van der Waals surface area (Å²) in [5.74, 6) is 0. The van der Waals surface area contributed by atoms with Gasteiger partial charge in [0.2, 0.25) is 0 Å². The highest BCUT2D eigenvalue weighted by Gasteiger charge is 2.00. The molecule has 0 saturated carbocycles. The molecular formula is C22H18Cl2N2O2. The first-order valence-corrected chi connectivity index (χ1v) is 9.36. The summed E-state index contributed by atoms with van der Waals surface area (Å²) in [4.78, 5) is 10.7. The summed E-state index contributed by atoms with van der Waals surface area (Å²) in [6, 6.07) is 22.6. The Morgan fingerprint density at radius 2 is 1.00 bits per heavy atom. The van der Waals surface area contributed by atoms with E-state index >= 15 is 0 Å². The van der Waals surface area contributed by atoms with E-state index in [1.54, 1.807) is 12.4 Å². The molecule has 0 saturated heterocycles. The fraction of sp³-hybridized carbons (Fsp3) is 0.0909. The molecule has 3 aromatic carbocycles. The minimum absolute atomic E-state index is 0.299. The molecule has 0 aliphatic heterocycles. The lowest BCUT2D eigenvalue weighted by Gasteiger charge is -2.03. The van der Waals surface area contributed by atoms with Crippen molar-refractivity contribution < 1.29 is 9.68 Å². The average Bonchev–Trinajstić information content (AvgIpc) is 2.72. The van der Waals surface area contributed by atoms with Crippen LogP contribution >= 0.6 is 23.2 Å². The zero-order valence-electron chi connectivity index (χ0n) is 15.0. The minimum atomic E-state index is 0.299. The summed E-state index contributed by atoms with van der Waals surface area (Å²) >= 11 is 12.2. The van der Waals surface area contributed by atoms with Crippen molar-refractivity contribution in [3.63, 3.8) is 0 Å². The van der Waals surface area contributed by atoms with Gasteiger partial charge in [-0.15, -0.1) is 0 Å². The number of nitrogens with zero attached hydrogens (tertiary/aromatic N) is 2. The third kappa shape index (κ3) is 5.84. The van der Waals surface area contributed by atoms with Crippen LogP contribution in [0.5, 0.6) is 0 Å². The maximum atomic E-state index is 6.10. The first-order valence-electron chi connectivity index (χ1n) is 8.60. The smallest absolute Gasteiger partial charge is 0.143 e. The van der Waals surface area contributed by atoms with E-state index in [1.165, 1.54) is 0 Å². The van der Waals surface area contributed by atoms with E-state index in [-0.39, 0.29) is 0 Å². The molecule has 0 N–H and O–H groups in total. The monoisotopic (exact) mass is 412 g/mol. The molecule has 0 heterocycles.